The minimum atomic E-state index is 0.451. The maximum absolute atomic E-state index is 6.30. The summed E-state index contributed by atoms with van der Waals surface area (Å²) in [4.78, 5) is 16.9. The molecule has 0 amide bonds. The zero-order chi connectivity index (χ0) is 23.4. The van der Waals surface area contributed by atoms with E-state index in [1.54, 1.807) is 17.1 Å². The van der Waals surface area contributed by atoms with Crippen molar-refractivity contribution in [3.8, 4) is 22.9 Å². The molecule has 0 radical (unpaired) electrons. The minimum Gasteiger partial charge on any atom is -0.383 e. The highest BCUT2D eigenvalue weighted by atomic mass is 15.3. The molecule has 0 saturated carbocycles. The molecule has 1 aromatic carbocycles. The number of hydrogen-bond donors (Lipinski definition) is 1. The van der Waals surface area contributed by atoms with Crippen LogP contribution in [0.2, 0.25) is 0 Å². The maximum atomic E-state index is 6.30. The number of fused-ring (bicyclic) bond motifs is 2. The fraction of sp³-hybridized carbons (Fsp3) is 0.259. The molecule has 2 N–H and O–H groups in total. The lowest BCUT2D eigenvalue weighted by Gasteiger charge is -2.24. The number of imidazole rings is 1. The average molecular weight is 463 g/mol. The lowest BCUT2D eigenvalue weighted by atomic mass is 10.1. The van der Waals surface area contributed by atoms with Crippen LogP contribution < -0.4 is 5.73 Å². The Morgan fingerprint density at radius 3 is 2.69 bits per heavy atom. The first-order valence-corrected chi connectivity index (χ1v) is 12.2. The van der Waals surface area contributed by atoms with Crippen LogP contribution >= 0.6 is 0 Å². The molecule has 4 aromatic heterocycles. The predicted octanol–water partition coefficient (Wildman–Crippen LogP) is 4.33. The molecular formula is C27H26N8. The first-order valence-electron chi connectivity index (χ1n) is 12.2. The van der Waals surface area contributed by atoms with Gasteiger partial charge in [0.05, 0.1) is 5.56 Å². The molecule has 2 aliphatic rings. The van der Waals surface area contributed by atoms with Crippen molar-refractivity contribution in [3.63, 3.8) is 0 Å². The number of rotatable bonds is 4. The molecule has 1 atom stereocenters. The predicted molar refractivity (Wildman–Crippen MR) is 135 cm³/mol. The molecule has 35 heavy (non-hydrogen) atoms. The van der Waals surface area contributed by atoms with E-state index in [-0.39, 0.29) is 0 Å². The molecule has 7 rings (SSSR count). The smallest absolute Gasteiger partial charge is 0.167 e. The second-order valence-corrected chi connectivity index (χ2v) is 9.35. The number of hydrogen-bond acceptors (Lipinski definition) is 6. The summed E-state index contributed by atoms with van der Waals surface area (Å²) in [6.45, 7) is 2.42. The Morgan fingerprint density at radius 2 is 1.86 bits per heavy atom. The van der Waals surface area contributed by atoms with Gasteiger partial charge in [-0.05, 0) is 92.4 Å². The first kappa shape index (κ1) is 20.3. The van der Waals surface area contributed by atoms with Gasteiger partial charge in [-0.3, -0.25) is 9.47 Å². The van der Waals surface area contributed by atoms with Crippen LogP contribution in [-0.4, -0.2) is 47.3 Å². The largest absolute Gasteiger partial charge is 0.383 e. The Hall–Kier alpha value is -4.04. The van der Waals surface area contributed by atoms with Gasteiger partial charge in [0.25, 0.3) is 0 Å². The molecule has 1 saturated heterocycles. The molecule has 8 heteroatoms. The summed E-state index contributed by atoms with van der Waals surface area (Å²) in [7, 11) is 0. The van der Waals surface area contributed by atoms with E-state index in [2.05, 4.69) is 37.7 Å². The summed E-state index contributed by atoms with van der Waals surface area (Å²) < 4.78 is 3.87. The van der Waals surface area contributed by atoms with Crippen molar-refractivity contribution in [1.82, 2.24) is 34.2 Å². The van der Waals surface area contributed by atoms with Crippen molar-refractivity contribution in [1.29, 1.82) is 0 Å². The summed E-state index contributed by atoms with van der Waals surface area (Å²) in [5.74, 6) is 1.93. The molecule has 5 aromatic rings. The Bertz CT molecular complexity index is 1530. The molecule has 1 fully saturated rings. The standard InChI is InChI=1S/C27H26N8/c28-25-21(5-3-12-29-25)26-31-22-9-11-24(34-16-4-13-30-34)32-27(22)35(26)19-7-8-20-18(17-19)6-10-23(20)33-14-1-2-15-33/h3-5,7-9,11-13,16-17,23H,1-2,6,10,14-15H2,(H2,28,29)/t23-/m0/s1. The summed E-state index contributed by atoms with van der Waals surface area (Å²) in [5, 5.41) is 4.36. The van der Waals surface area contributed by atoms with E-state index >= 15 is 0 Å². The van der Waals surface area contributed by atoms with Gasteiger partial charge in [0.2, 0.25) is 0 Å². The second-order valence-electron chi connectivity index (χ2n) is 9.35. The molecule has 8 nitrogen and oxygen atoms in total. The number of pyridine rings is 2. The van der Waals surface area contributed by atoms with Crippen LogP contribution in [-0.2, 0) is 6.42 Å². The van der Waals surface area contributed by atoms with Gasteiger partial charge in [-0.1, -0.05) is 6.07 Å². The van der Waals surface area contributed by atoms with Gasteiger partial charge in [0.15, 0.2) is 17.3 Å². The second kappa shape index (κ2) is 8.02. The van der Waals surface area contributed by atoms with Crippen molar-refractivity contribution >= 4 is 17.0 Å². The number of aryl methyl sites for hydroxylation is 1. The molecule has 174 valence electrons. The van der Waals surface area contributed by atoms with Crippen molar-refractivity contribution < 1.29 is 0 Å². The molecule has 5 heterocycles. The Labute approximate surface area is 203 Å². The fourth-order valence-corrected chi connectivity index (χ4v) is 5.66. The number of aromatic nitrogens is 6. The van der Waals surface area contributed by atoms with Crippen molar-refractivity contribution in [2.45, 2.75) is 31.7 Å². The highest BCUT2D eigenvalue weighted by Gasteiger charge is 2.30. The molecule has 1 aliphatic heterocycles. The van der Waals surface area contributed by atoms with Crippen LogP contribution in [0.25, 0.3) is 34.1 Å². The Balaban J connectivity index is 1.42. The first-order chi connectivity index (χ1) is 17.3. The number of nitrogens with zero attached hydrogens (tertiary/aromatic N) is 7. The molecular weight excluding hydrogens is 436 g/mol. The fourth-order valence-electron chi connectivity index (χ4n) is 5.66. The number of likely N-dealkylation sites (tertiary alicyclic amines) is 1. The van der Waals surface area contributed by atoms with Crippen LogP contribution in [0, 0.1) is 0 Å². The van der Waals surface area contributed by atoms with E-state index in [1.807, 2.05) is 36.5 Å². The van der Waals surface area contributed by atoms with Gasteiger partial charge < -0.3 is 5.73 Å². The van der Waals surface area contributed by atoms with E-state index in [9.17, 15) is 0 Å². The van der Waals surface area contributed by atoms with E-state index in [4.69, 9.17) is 15.7 Å². The van der Waals surface area contributed by atoms with Crippen LogP contribution in [0.4, 0.5) is 5.82 Å². The summed E-state index contributed by atoms with van der Waals surface area (Å²) in [6, 6.07) is 17.0. The van der Waals surface area contributed by atoms with Gasteiger partial charge in [-0.2, -0.15) is 5.10 Å². The highest BCUT2D eigenvalue weighted by molar-refractivity contribution is 5.83. The van der Waals surface area contributed by atoms with Crippen LogP contribution in [0.1, 0.15) is 36.4 Å². The number of nitrogen functional groups attached to an aromatic ring is 1. The number of benzene rings is 1. The lowest BCUT2D eigenvalue weighted by Crippen LogP contribution is -2.23. The third kappa shape index (κ3) is 3.32. The monoisotopic (exact) mass is 462 g/mol. The number of nitrogens with two attached hydrogens (primary N) is 1. The van der Waals surface area contributed by atoms with Crippen molar-refractivity contribution in [2.24, 2.45) is 0 Å². The number of anilines is 1. The molecule has 0 bridgehead atoms. The normalized spacial score (nSPS) is 17.9. The SMILES string of the molecule is Nc1ncccc1-c1nc2ccc(-n3cccn3)nc2n1-c1ccc2c(c1)CC[C@@H]2N1CCCC1. The topological polar surface area (TPSA) is 90.7 Å². The Morgan fingerprint density at radius 1 is 0.943 bits per heavy atom. The molecule has 0 spiro atoms. The summed E-state index contributed by atoms with van der Waals surface area (Å²) >= 11 is 0. The quantitative estimate of drug-likeness (QED) is 0.427. The lowest BCUT2D eigenvalue weighted by molar-refractivity contribution is 0.245. The van der Waals surface area contributed by atoms with Crippen molar-refractivity contribution in [2.75, 3.05) is 18.8 Å². The Kier molecular flexibility index (Phi) is 4.66. The summed E-state index contributed by atoms with van der Waals surface area (Å²) in [5.41, 5.74) is 12.6. The minimum absolute atomic E-state index is 0.451. The third-order valence-electron chi connectivity index (χ3n) is 7.32. The van der Waals surface area contributed by atoms with Crippen LogP contribution in [0.5, 0.6) is 0 Å². The van der Waals surface area contributed by atoms with E-state index in [0.29, 0.717) is 11.9 Å². The van der Waals surface area contributed by atoms with Crippen LogP contribution in [0.3, 0.4) is 0 Å². The van der Waals surface area contributed by atoms with Crippen LogP contribution in [0.15, 0.2) is 67.1 Å². The average Bonchev–Trinajstić information content (AvgIpc) is 3.69. The van der Waals surface area contributed by atoms with E-state index in [1.165, 1.54) is 43.5 Å². The molecule has 1 aliphatic carbocycles. The van der Waals surface area contributed by atoms with Gasteiger partial charge in [0, 0.05) is 30.3 Å². The maximum Gasteiger partial charge on any atom is 0.167 e. The van der Waals surface area contributed by atoms with Gasteiger partial charge in [-0.15, -0.1) is 0 Å². The van der Waals surface area contributed by atoms with Gasteiger partial charge in [-0.25, -0.2) is 19.6 Å². The third-order valence-corrected chi connectivity index (χ3v) is 7.32. The van der Waals surface area contributed by atoms with Crippen molar-refractivity contribution in [3.05, 3.63) is 78.2 Å². The van der Waals surface area contributed by atoms with Gasteiger partial charge >= 0.3 is 0 Å². The zero-order valence-corrected chi connectivity index (χ0v) is 19.4. The summed E-state index contributed by atoms with van der Waals surface area (Å²) in [6.07, 6.45) is 10.2. The van der Waals surface area contributed by atoms with E-state index in [0.717, 1.165) is 40.5 Å². The van der Waals surface area contributed by atoms with Gasteiger partial charge in [0.1, 0.15) is 11.3 Å². The molecule has 0 unspecified atom stereocenters. The van der Waals surface area contributed by atoms with E-state index < -0.39 is 0 Å². The zero-order valence-electron chi connectivity index (χ0n) is 19.4. The highest BCUT2D eigenvalue weighted by Crippen LogP contribution is 2.39.